The molecule has 1 N–H and O–H groups in total. The Labute approximate surface area is 161 Å². The highest BCUT2D eigenvalue weighted by molar-refractivity contribution is 7.98. The molecule has 8 nitrogen and oxygen atoms in total. The van der Waals surface area contributed by atoms with Gasteiger partial charge in [0.25, 0.3) is 5.91 Å². The molecule has 3 atom stereocenters. The average molecular weight is 386 g/mol. The number of nitrogens with one attached hydrogen (secondary N) is 1. The number of likely N-dealkylation sites (tertiary alicyclic amines) is 1. The minimum atomic E-state index is -0.0865. The number of thioether (sulfide) groups is 1. The maximum atomic E-state index is 12.9. The van der Waals surface area contributed by atoms with Crippen LogP contribution in [0, 0.1) is 11.8 Å². The molecule has 2 heterocycles. The largest absolute Gasteiger partial charge is 0.351 e. The van der Waals surface area contributed by atoms with Gasteiger partial charge in [-0.3, -0.25) is 9.59 Å². The first-order chi connectivity index (χ1) is 13.1. The third kappa shape index (κ3) is 3.83. The Balaban J connectivity index is 1.37. The maximum Gasteiger partial charge on any atom is 0.253 e. The van der Waals surface area contributed by atoms with E-state index in [0.717, 1.165) is 23.3 Å². The van der Waals surface area contributed by atoms with Crippen molar-refractivity contribution >= 4 is 23.6 Å². The highest BCUT2D eigenvalue weighted by Gasteiger charge is 2.44. The maximum absolute atomic E-state index is 12.9. The van der Waals surface area contributed by atoms with Crippen LogP contribution in [0.3, 0.4) is 0 Å². The summed E-state index contributed by atoms with van der Waals surface area (Å²) >= 11 is 1.66. The number of aromatic nitrogens is 4. The van der Waals surface area contributed by atoms with Crippen LogP contribution in [0.15, 0.2) is 35.5 Å². The van der Waals surface area contributed by atoms with Gasteiger partial charge in [0.15, 0.2) is 0 Å². The summed E-state index contributed by atoms with van der Waals surface area (Å²) in [6.07, 6.45) is 5.52. The van der Waals surface area contributed by atoms with E-state index >= 15 is 0 Å². The highest BCUT2D eigenvalue weighted by Crippen LogP contribution is 2.37. The van der Waals surface area contributed by atoms with E-state index in [-0.39, 0.29) is 24.4 Å². The lowest BCUT2D eigenvalue weighted by molar-refractivity contribution is -0.123. The van der Waals surface area contributed by atoms with Crippen LogP contribution < -0.4 is 5.32 Å². The van der Waals surface area contributed by atoms with Crippen LogP contribution in [0.2, 0.25) is 0 Å². The number of benzene rings is 1. The van der Waals surface area contributed by atoms with Crippen molar-refractivity contribution < 1.29 is 9.59 Å². The molecule has 2 aliphatic rings. The van der Waals surface area contributed by atoms with E-state index in [4.69, 9.17) is 0 Å². The van der Waals surface area contributed by atoms with E-state index in [1.807, 2.05) is 35.4 Å². The summed E-state index contributed by atoms with van der Waals surface area (Å²) in [7, 11) is 0. The molecule has 2 fully saturated rings. The van der Waals surface area contributed by atoms with Crippen LogP contribution >= 0.6 is 11.8 Å². The summed E-state index contributed by atoms with van der Waals surface area (Å²) in [4.78, 5) is 28.2. The fraction of sp³-hybridized carbons (Fsp3) is 0.500. The molecule has 1 aromatic heterocycles. The molecule has 1 unspecified atom stereocenters. The summed E-state index contributed by atoms with van der Waals surface area (Å²) in [5.41, 5.74) is 0.730. The molecule has 27 heavy (non-hydrogen) atoms. The second-order valence-electron chi connectivity index (χ2n) is 7.14. The fourth-order valence-corrected chi connectivity index (χ4v) is 4.58. The minimum Gasteiger partial charge on any atom is -0.351 e. The Bertz CT molecular complexity index is 796. The Morgan fingerprint density at radius 3 is 2.48 bits per heavy atom. The van der Waals surface area contributed by atoms with Gasteiger partial charge < -0.3 is 10.2 Å². The van der Waals surface area contributed by atoms with Crippen molar-refractivity contribution in [1.29, 1.82) is 0 Å². The number of fused-ring (bicyclic) bond motifs is 2. The van der Waals surface area contributed by atoms with Gasteiger partial charge in [0.2, 0.25) is 5.91 Å². The van der Waals surface area contributed by atoms with Crippen LogP contribution in [-0.4, -0.2) is 62.3 Å². The third-order valence-corrected chi connectivity index (χ3v) is 6.23. The van der Waals surface area contributed by atoms with E-state index in [0.29, 0.717) is 24.9 Å². The van der Waals surface area contributed by atoms with Crippen LogP contribution in [0.1, 0.15) is 23.2 Å². The number of nitrogens with zero attached hydrogens (tertiary/aromatic N) is 5. The van der Waals surface area contributed by atoms with E-state index in [9.17, 15) is 9.59 Å². The molecule has 142 valence electrons. The number of hydrogen-bond donors (Lipinski definition) is 1. The second-order valence-corrected chi connectivity index (χ2v) is 8.02. The molecule has 2 bridgehead atoms. The first-order valence-electron chi connectivity index (χ1n) is 9.07. The number of rotatable bonds is 5. The highest BCUT2D eigenvalue weighted by atomic mass is 32.2. The van der Waals surface area contributed by atoms with Crippen molar-refractivity contribution in [3.8, 4) is 0 Å². The number of tetrazole rings is 1. The molecule has 2 amide bonds. The monoisotopic (exact) mass is 386 g/mol. The summed E-state index contributed by atoms with van der Waals surface area (Å²) < 4.78 is 1.41. The number of carbonyl (C=O) groups is 2. The quantitative estimate of drug-likeness (QED) is 0.773. The second kappa shape index (κ2) is 7.67. The van der Waals surface area contributed by atoms with Crippen molar-refractivity contribution in [1.82, 2.24) is 30.4 Å². The Morgan fingerprint density at radius 2 is 1.89 bits per heavy atom. The Morgan fingerprint density at radius 1 is 1.19 bits per heavy atom. The van der Waals surface area contributed by atoms with Crippen LogP contribution in [0.5, 0.6) is 0 Å². The van der Waals surface area contributed by atoms with Crippen molar-refractivity contribution in [3.05, 3.63) is 36.2 Å². The summed E-state index contributed by atoms with van der Waals surface area (Å²) in [6.45, 7) is 1.50. The molecular weight excluding hydrogens is 364 g/mol. The van der Waals surface area contributed by atoms with Gasteiger partial charge in [-0.05, 0) is 65.6 Å². The third-order valence-electron chi connectivity index (χ3n) is 5.48. The molecule has 4 rings (SSSR count). The minimum absolute atomic E-state index is 0.0815. The van der Waals surface area contributed by atoms with Gasteiger partial charge in [0, 0.05) is 29.6 Å². The first kappa shape index (κ1) is 18.0. The van der Waals surface area contributed by atoms with Gasteiger partial charge in [-0.2, -0.15) is 0 Å². The SMILES string of the molecule is CSc1ccc(C(=O)N2C[C@H]3CC[C@@H](C2)C3NC(=O)Cn2cnnn2)cc1. The number of carbonyl (C=O) groups excluding carboxylic acids is 2. The van der Waals surface area contributed by atoms with E-state index in [1.165, 1.54) is 11.0 Å². The van der Waals surface area contributed by atoms with Gasteiger partial charge in [0.1, 0.15) is 12.9 Å². The van der Waals surface area contributed by atoms with Gasteiger partial charge >= 0.3 is 0 Å². The van der Waals surface area contributed by atoms with Crippen molar-refractivity contribution in [2.45, 2.75) is 30.3 Å². The summed E-state index contributed by atoms with van der Waals surface area (Å²) in [6, 6.07) is 7.89. The first-order valence-corrected chi connectivity index (χ1v) is 10.3. The molecular formula is C18H22N6O2S. The van der Waals surface area contributed by atoms with Crippen molar-refractivity contribution in [3.63, 3.8) is 0 Å². The zero-order chi connectivity index (χ0) is 18.8. The topological polar surface area (TPSA) is 93.0 Å². The smallest absolute Gasteiger partial charge is 0.253 e. The standard InChI is InChI=1S/C18H22N6O2S/c1-27-15-6-4-12(5-7-15)18(26)23-8-13-2-3-14(9-23)17(13)20-16(25)10-24-11-19-21-22-24/h4-7,11,13-14,17H,2-3,8-10H2,1H3,(H,20,25)/t13-,14+,17?. The van der Waals surface area contributed by atoms with Crippen LogP contribution in [-0.2, 0) is 11.3 Å². The zero-order valence-electron chi connectivity index (χ0n) is 15.1. The molecule has 0 radical (unpaired) electrons. The molecule has 1 saturated carbocycles. The predicted octanol–water partition coefficient (Wildman–Crippen LogP) is 1.06. The Hall–Kier alpha value is -2.42. The molecule has 1 aromatic carbocycles. The molecule has 1 saturated heterocycles. The molecule has 0 spiro atoms. The van der Waals surface area contributed by atoms with Gasteiger partial charge in [0.05, 0.1) is 0 Å². The number of hydrogen-bond acceptors (Lipinski definition) is 6. The lowest BCUT2D eigenvalue weighted by atomic mass is 9.91. The van der Waals surface area contributed by atoms with Gasteiger partial charge in [-0.15, -0.1) is 16.9 Å². The van der Waals surface area contributed by atoms with E-state index in [2.05, 4.69) is 20.8 Å². The van der Waals surface area contributed by atoms with E-state index < -0.39 is 0 Å². The predicted molar refractivity (Wildman–Crippen MR) is 100 cm³/mol. The fourth-order valence-electron chi connectivity index (χ4n) is 4.17. The summed E-state index contributed by atoms with van der Waals surface area (Å²) in [5, 5.41) is 13.9. The molecule has 9 heteroatoms. The van der Waals surface area contributed by atoms with Crippen molar-refractivity contribution in [2.75, 3.05) is 19.3 Å². The van der Waals surface area contributed by atoms with Gasteiger partial charge in [-0.25, -0.2) is 4.68 Å². The number of piperidine rings is 1. The van der Waals surface area contributed by atoms with Crippen molar-refractivity contribution in [2.24, 2.45) is 11.8 Å². The lowest BCUT2D eigenvalue weighted by Crippen LogP contribution is -2.54. The molecule has 1 aliphatic carbocycles. The molecule has 1 aliphatic heterocycles. The summed E-state index contributed by atoms with van der Waals surface area (Å²) in [5.74, 6) is 0.599. The lowest BCUT2D eigenvalue weighted by Gasteiger charge is -2.38. The molecule has 2 aromatic rings. The van der Waals surface area contributed by atoms with Gasteiger partial charge in [-0.1, -0.05) is 0 Å². The van der Waals surface area contributed by atoms with Crippen LogP contribution in [0.4, 0.5) is 0 Å². The number of amides is 2. The average Bonchev–Trinajstić information content (AvgIpc) is 3.26. The normalized spacial score (nSPS) is 24.0. The Kier molecular flexibility index (Phi) is 5.11. The van der Waals surface area contributed by atoms with Crippen LogP contribution in [0.25, 0.3) is 0 Å². The van der Waals surface area contributed by atoms with E-state index in [1.54, 1.807) is 11.8 Å². The zero-order valence-corrected chi connectivity index (χ0v) is 15.9.